The fraction of sp³-hybridized carbons (Fsp3) is 0.727. The summed E-state index contributed by atoms with van der Waals surface area (Å²) in [6.45, 7) is 9.73. The van der Waals surface area contributed by atoms with E-state index >= 15 is 0 Å². The molecule has 2 fully saturated rings. The molecule has 0 unspecified atom stereocenters. The Morgan fingerprint density at radius 1 is 0.960 bits per heavy atom. The van der Waals surface area contributed by atoms with Gasteiger partial charge < -0.3 is 4.90 Å². The molecule has 0 N–H and O–H groups in total. The maximum Gasteiger partial charge on any atom is 0.128 e. The molecule has 1 aromatic rings. The van der Waals surface area contributed by atoms with Crippen LogP contribution in [0.25, 0.3) is 0 Å². The van der Waals surface area contributed by atoms with Crippen LogP contribution in [0.4, 0.5) is 10.1 Å². The summed E-state index contributed by atoms with van der Waals surface area (Å²) in [4.78, 5) is 4.97. The van der Waals surface area contributed by atoms with Gasteiger partial charge in [0, 0.05) is 37.4 Å². The highest BCUT2D eigenvalue weighted by Crippen LogP contribution is 2.33. The van der Waals surface area contributed by atoms with Gasteiger partial charge in [-0.3, -0.25) is 4.90 Å². The molecule has 1 aliphatic heterocycles. The lowest BCUT2D eigenvalue weighted by Gasteiger charge is -2.38. The van der Waals surface area contributed by atoms with Gasteiger partial charge in [-0.1, -0.05) is 51.5 Å². The monoisotopic (exact) mass is 346 g/mol. The largest absolute Gasteiger partial charge is 0.369 e. The Morgan fingerprint density at radius 2 is 1.60 bits per heavy atom. The molecule has 140 valence electrons. The van der Waals surface area contributed by atoms with Crippen molar-refractivity contribution in [3.05, 3.63) is 29.6 Å². The number of anilines is 1. The third kappa shape index (κ3) is 4.97. The predicted octanol–water partition coefficient (Wildman–Crippen LogP) is 5.25. The molecule has 1 aromatic carbocycles. The first-order chi connectivity index (χ1) is 12.2. The molecule has 2 nitrogen and oxygen atoms in total. The molecule has 0 bridgehead atoms. The summed E-state index contributed by atoms with van der Waals surface area (Å²) in [5, 5.41) is 0. The number of nitrogens with zero attached hydrogens (tertiary/aromatic N) is 2. The maximum absolute atomic E-state index is 13.8. The van der Waals surface area contributed by atoms with E-state index in [2.05, 4.69) is 22.8 Å². The Kier molecular flexibility index (Phi) is 6.75. The van der Waals surface area contributed by atoms with E-state index in [0.717, 1.165) is 49.3 Å². The summed E-state index contributed by atoms with van der Waals surface area (Å²) in [7, 11) is 0. The molecule has 25 heavy (non-hydrogen) atoms. The molecular formula is C22H35FN2. The molecule has 1 saturated carbocycles. The van der Waals surface area contributed by atoms with Crippen molar-refractivity contribution in [3.63, 3.8) is 0 Å². The van der Waals surface area contributed by atoms with Gasteiger partial charge in [-0.2, -0.15) is 0 Å². The molecular weight excluding hydrogens is 311 g/mol. The minimum absolute atomic E-state index is 0.0846. The zero-order chi connectivity index (χ0) is 17.6. The molecule has 0 atom stereocenters. The van der Waals surface area contributed by atoms with Gasteiger partial charge in [-0.15, -0.1) is 0 Å². The van der Waals surface area contributed by atoms with Gasteiger partial charge in [-0.05, 0) is 43.9 Å². The summed E-state index contributed by atoms with van der Waals surface area (Å²) in [5.41, 5.74) is 1.87. The van der Waals surface area contributed by atoms with Crippen molar-refractivity contribution in [2.75, 3.05) is 37.6 Å². The summed E-state index contributed by atoms with van der Waals surface area (Å²) in [6, 6.07) is 5.45. The number of rotatable bonds is 6. The first-order valence-corrected chi connectivity index (χ1v) is 10.4. The zero-order valence-corrected chi connectivity index (χ0v) is 16.1. The van der Waals surface area contributed by atoms with E-state index in [9.17, 15) is 4.39 Å². The lowest BCUT2D eigenvalue weighted by molar-refractivity contribution is 0.200. The number of piperazine rings is 1. The van der Waals surface area contributed by atoms with E-state index < -0.39 is 0 Å². The quantitative estimate of drug-likeness (QED) is 0.694. The maximum atomic E-state index is 13.8. The molecule has 1 aliphatic carbocycles. The average Bonchev–Trinajstić information content (AvgIpc) is 2.64. The van der Waals surface area contributed by atoms with Gasteiger partial charge in [0.2, 0.25) is 0 Å². The topological polar surface area (TPSA) is 6.48 Å². The van der Waals surface area contributed by atoms with Crippen LogP contribution in [-0.4, -0.2) is 37.6 Å². The van der Waals surface area contributed by atoms with Gasteiger partial charge in [0.25, 0.3) is 0 Å². The van der Waals surface area contributed by atoms with Crippen LogP contribution < -0.4 is 4.90 Å². The van der Waals surface area contributed by atoms with Crippen LogP contribution in [0, 0.1) is 24.6 Å². The normalized spacial score (nSPS) is 25.3. The molecule has 3 rings (SSSR count). The van der Waals surface area contributed by atoms with E-state index in [1.165, 1.54) is 51.5 Å². The van der Waals surface area contributed by atoms with Gasteiger partial charge in [0.05, 0.1) is 0 Å². The second-order valence-corrected chi connectivity index (χ2v) is 8.18. The summed E-state index contributed by atoms with van der Waals surface area (Å²) < 4.78 is 13.8. The van der Waals surface area contributed by atoms with Gasteiger partial charge in [0.15, 0.2) is 0 Å². The van der Waals surface area contributed by atoms with E-state index in [1.807, 2.05) is 13.0 Å². The fourth-order valence-electron chi connectivity index (χ4n) is 4.73. The Hall–Kier alpha value is -1.09. The van der Waals surface area contributed by atoms with Crippen LogP contribution in [0.5, 0.6) is 0 Å². The minimum Gasteiger partial charge on any atom is -0.369 e. The van der Waals surface area contributed by atoms with Crippen LogP contribution in [0.3, 0.4) is 0 Å². The van der Waals surface area contributed by atoms with E-state index in [4.69, 9.17) is 0 Å². The van der Waals surface area contributed by atoms with Gasteiger partial charge >= 0.3 is 0 Å². The van der Waals surface area contributed by atoms with Crippen molar-refractivity contribution in [1.29, 1.82) is 0 Å². The Bertz CT molecular complexity index is 529. The Morgan fingerprint density at radius 3 is 2.24 bits per heavy atom. The fourth-order valence-corrected chi connectivity index (χ4v) is 4.73. The number of hydrogen-bond acceptors (Lipinski definition) is 2. The standard InChI is InChI=1S/C22H35FN2/c1-3-5-19-8-10-20(11-9-19)12-13-24-14-16-25(17-15-24)22-7-4-6-21(23)18(22)2/h4,6-7,19-20H,3,5,8-17H2,1-2H3. The Balaban J connectivity index is 1.39. The molecule has 1 heterocycles. The summed E-state index contributed by atoms with van der Waals surface area (Å²) in [5.74, 6) is 1.88. The predicted molar refractivity (Wildman–Crippen MR) is 105 cm³/mol. The van der Waals surface area contributed by atoms with E-state index in [0.29, 0.717) is 0 Å². The highest BCUT2D eigenvalue weighted by atomic mass is 19.1. The van der Waals surface area contributed by atoms with Crippen LogP contribution in [0.15, 0.2) is 18.2 Å². The zero-order valence-electron chi connectivity index (χ0n) is 16.1. The molecule has 2 aliphatic rings. The molecule has 1 saturated heterocycles. The minimum atomic E-state index is -0.0846. The smallest absolute Gasteiger partial charge is 0.128 e. The third-order valence-electron chi connectivity index (χ3n) is 6.47. The average molecular weight is 347 g/mol. The van der Waals surface area contributed by atoms with Gasteiger partial charge in [0.1, 0.15) is 5.82 Å². The summed E-state index contributed by atoms with van der Waals surface area (Å²) >= 11 is 0. The van der Waals surface area contributed by atoms with E-state index in [1.54, 1.807) is 6.07 Å². The molecule has 0 spiro atoms. The summed E-state index contributed by atoms with van der Waals surface area (Å²) in [6.07, 6.45) is 9.99. The Labute approximate surface area is 153 Å². The molecule has 0 amide bonds. The second kappa shape index (κ2) is 9.02. The van der Waals surface area contributed by atoms with Crippen LogP contribution in [0.2, 0.25) is 0 Å². The highest BCUT2D eigenvalue weighted by Gasteiger charge is 2.23. The van der Waals surface area contributed by atoms with Crippen molar-refractivity contribution in [2.24, 2.45) is 11.8 Å². The van der Waals surface area contributed by atoms with Crippen LogP contribution in [0.1, 0.15) is 57.4 Å². The van der Waals surface area contributed by atoms with Crippen molar-refractivity contribution in [3.8, 4) is 0 Å². The molecule has 0 radical (unpaired) electrons. The van der Waals surface area contributed by atoms with Crippen molar-refractivity contribution >= 4 is 5.69 Å². The second-order valence-electron chi connectivity index (χ2n) is 8.18. The van der Waals surface area contributed by atoms with Crippen LogP contribution in [-0.2, 0) is 0 Å². The van der Waals surface area contributed by atoms with Crippen molar-refractivity contribution in [1.82, 2.24) is 4.90 Å². The SMILES string of the molecule is CCCC1CCC(CCN2CCN(c3cccc(F)c3C)CC2)CC1. The number of hydrogen-bond donors (Lipinski definition) is 0. The van der Waals surface area contributed by atoms with Crippen LogP contribution >= 0.6 is 0 Å². The molecule has 3 heteroatoms. The lowest BCUT2D eigenvalue weighted by Crippen LogP contribution is -2.47. The molecule has 0 aromatic heterocycles. The third-order valence-corrected chi connectivity index (χ3v) is 6.47. The first kappa shape index (κ1) is 18.7. The van der Waals surface area contributed by atoms with E-state index in [-0.39, 0.29) is 5.82 Å². The van der Waals surface area contributed by atoms with Crippen molar-refractivity contribution in [2.45, 2.75) is 58.8 Å². The highest BCUT2D eigenvalue weighted by molar-refractivity contribution is 5.53. The first-order valence-electron chi connectivity index (χ1n) is 10.4. The van der Waals surface area contributed by atoms with Crippen molar-refractivity contribution < 1.29 is 4.39 Å². The van der Waals surface area contributed by atoms with Gasteiger partial charge in [-0.25, -0.2) is 4.39 Å². The number of halogens is 1. The lowest BCUT2D eigenvalue weighted by atomic mass is 9.79. The number of benzene rings is 1.